The fourth-order valence-electron chi connectivity index (χ4n) is 1.28. The van der Waals surface area contributed by atoms with Crippen molar-refractivity contribution in [3.8, 4) is 0 Å². The molecule has 5 heteroatoms. The quantitative estimate of drug-likeness (QED) is 0.648. The molecule has 66 valence electrons. The molecule has 0 bridgehead atoms. The van der Waals surface area contributed by atoms with Gasteiger partial charge in [-0.15, -0.1) is 16.7 Å². The van der Waals surface area contributed by atoms with Gasteiger partial charge in [0, 0.05) is 6.61 Å². The SMILES string of the molecule is ClCc1cn(C2CCOC2)nn1. The molecular formula is C7H10ClN3O. The number of nitrogens with zero attached hydrogens (tertiary/aromatic N) is 3. The first kappa shape index (κ1) is 8.01. The van der Waals surface area contributed by atoms with E-state index < -0.39 is 0 Å². The Morgan fingerprint density at radius 1 is 1.75 bits per heavy atom. The standard InChI is InChI=1S/C7H10ClN3O/c8-3-6-4-11(10-9-6)7-1-2-12-5-7/h4,7H,1-3,5H2. The van der Waals surface area contributed by atoms with Crippen LogP contribution in [0.15, 0.2) is 6.20 Å². The third-order valence-corrected chi connectivity index (χ3v) is 2.25. The molecule has 1 aromatic heterocycles. The third kappa shape index (κ3) is 1.44. The Bertz CT molecular complexity index is 257. The summed E-state index contributed by atoms with van der Waals surface area (Å²) in [6.07, 6.45) is 2.90. The molecule has 0 aromatic carbocycles. The largest absolute Gasteiger partial charge is 0.379 e. The summed E-state index contributed by atoms with van der Waals surface area (Å²) in [6, 6.07) is 0.356. The Kier molecular flexibility index (Phi) is 2.28. The van der Waals surface area contributed by atoms with Gasteiger partial charge < -0.3 is 4.74 Å². The summed E-state index contributed by atoms with van der Waals surface area (Å²) in [5, 5.41) is 7.88. The van der Waals surface area contributed by atoms with Crippen LogP contribution in [-0.2, 0) is 10.6 Å². The van der Waals surface area contributed by atoms with Gasteiger partial charge >= 0.3 is 0 Å². The van der Waals surface area contributed by atoms with Crippen molar-refractivity contribution in [2.24, 2.45) is 0 Å². The zero-order chi connectivity index (χ0) is 8.39. The first-order valence-corrected chi connectivity index (χ1v) is 4.48. The fourth-order valence-corrected chi connectivity index (χ4v) is 1.41. The van der Waals surface area contributed by atoms with Crippen molar-refractivity contribution in [1.82, 2.24) is 15.0 Å². The molecule has 2 heterocycles. The highest BCUT2D eigenvalue weighted by Crippen LogP contribution is 2.17. The summed E-state index contributed by atoms with van der Waals surface area (Å²) in [6.45, 7) is 1.56. The van der Waals surface area contributed by atoms with Crippen LogP contribution in [0.3, 0.4) is 0 Å². The average Bonchev–Trinajstić information content (AvgIpc) is 2.75. The minimum Gasteiger partial charge on any atom is -0.379 e. The Morgan fingerprint density at radius 2 is 2.67 bits per heavy atom. The lowest BCUT2D eigenvalue weighted by molar-refractivity contribution is 0.184. The fraction of sp³-hybridized carbons (Fsp3) is 0.714. The summed E-state index contributed by atoms with van der Waals surface area (Å²) in [5.74, 6) is 0.424. The van der Waals surface area contributed by atoms with Gasteiger partial charge in [-0.1, -0.05) is 5.21 Å². The second-order valence-corrected chi connectivity index (χ2v) is 3.11. The van der Waals surface area contributed by atoms with Crippen LogP contribution in [0.5, 0.6) is 0 Å². The van der Waals surface area contributed by atoms with E-state index in [-0.39, 0.29) is 0 Å². The zero-order valence-corrected chi connectivity index (χ0v) is 7.37. The van der Waals surface area contributed by atoms with Gasteiger partial charge in [-0.25, -0.2) is 4.68 Å². The number of hydrogen-bond donors (Lipinski definition) is 0. The Balaban J connectivity index is 2.11. The molecular weight excluding hydrogens is 178 g/mol. The van der Waals surface area contributed by atoms with Crippen molar-refractivity contribution in [1.29, 1.82) is 0 Å². The number of ether oxygens (including phenoxy) is 1. The lowest BCUT2D eigenvalue weighted by atomic mass is 10.3. The second kappa shape index (κ2) is 3.41. The summed E-state index contributed by atoms with van der Waals surface area (Å²) < 4.78 is 7.07. The highest BCUT2D eigenvalue weighted by Gasteiger charge is 2.18. The third-order valence-electron chi connectivity index (χ3n) is 1.97. The van der Waals surface area contributed by atoms with Crippen molar-refractivity contribution < 1.29 is 4.74 Å². The van der Waals surface area contributed by atoms with Crippen LogP contribution in [0.2, 0.25) is 0 Å². The highest BCUT2D eigenvalue weighted by atomic mass is 35.5. The highest BCUT2D eigenvalue weighted by molar-refractivity contribution is 6.16. The predicted octanol–water partition coefficient (Wildman–Crippen LogP) is 0.978. The van der Waals surface area contributed by atoms with E-state index in [9.17, 15) is 0 Å². The molecule has 12 heavy (non-hydrogen) atoms. The van der Waals surface area contributed by atoms with Gasteiger partial charge in [0.05, 0.1) is 30.4 Å². The van der Waals surface area contributed by atoms with Crippen LogP contribution < -0.4 is 0 Å². The molecule has 1 unspecified atom stereocenters. The maximum absolute atomic E-state index is 5.60. The van der Waals surface area contributed by atoms with E-state index in [1.165, 1.54) is 0 Å². The predicted molar refractivity (Wildman–Crippen MR) is 44.1 cm³/mol. The average molecular weight is 188 g/mol. The Labute approximate surface area is 75.5 Å². The molecule has 1 fully saturated rings. The van der Waals surface area contributed by atoms with E-state index in [1.807, 2.05) is 10.9 Å². The minimum absolute atomic E-state index is 0.356. The molecule has 2 rings (SSSR count). The number of halogens is 1. The maximum Gasteiger partial charge on any atom is 0.0974 e. The second-order valence-electron chi connectivity index (χ2n) is 2.84. The van der Waals surface area contributed by atoms with E-state index in [0.29, 0.717) is 11.9 Å². The first-order valence-electron chi connectivity index (χ1n) is 3.94. The van der Waals surface area contributed by atoms with Crippen molar-refractivity contribution in [2.75, 3.05) is 13.2 Å². The molecule has 0 spiro atoms. The number of alkyl halides is 1. The topological polar surface area (TPSA) is 39.9 Å². The smallest absolute Gasteiger partial charge is 0.0974 e. The lowest BCUT2D eigenvalue weighted by Crippen LogP contribution is -2.08. The van der Waals surface area contributed by atoms with Gasteiger partial charge in [0.2, 0.25) is 0 Å². The van der Waals surface area contributed by atoms with E-state index >= 15 is 0 Å². The number of aromatic nitrogens is 3. The molecule has 0 aliphatic carbocycles. The Morgan fingerprint density at radius 3 is 3.25 bits per heavy atom. The van der Waals surface area contributed by atoms with Crippen molar-refractivity contribution in [2.45, 2.75) is 18.3 Å². The summed E-state index contributed by atoms with van der Waals surface area (Å²) in [5.41, 5.74) is 0.823. The molecule has 0 saturated carbocycles. The normalized spacial score (nSPS) is 23.2. The van der Waals surface area contributed by atoms with Crippen LogP contribution in [-0.4, -0.2) is 28.2 Å². The first-order chi connectivity index (χ1) is 5.90. The molecule has 1 aliphatic rings. The molecule has 1 atom stereocenters. The Hall–Kier alpha value is -0.610. The maximum atomic E-state index is 5.60. The molecule has 4 nitrogen and oxygen atoms in total. The summed E-state index contributed by atoms with van der Waals surface area (Å²) >= 11 is 5.60. The molecule has 0 amide bonds. The molecule has 0 N–H and O–H groups in total. The van der Waals surface area contributed by atoms with Gasteiger partial charge in [-0.3, -0.25) is 0 Å². The van der Waals surface area contributed by atoms with Gasteiger partial charge in [0.25, 0.3) is 0 Å². The van der Waals surface area contributed by atoms with Crippen LogP contribution in [0.4, 0.5) is 0 Å². The van der Waals surface area contributed by atoms with Crippen LogP contribution in [0.25, 0.3) is 0 Å². The molecule has 1 saturated heterocycles. The number of rotatable bonds is 2. The lowest BCUT2D eigenvalue weighted by Gasteiger charge is -2.04. The van der Waals surface area contributed by atoms with Crippen LogP contribution in [0.1, 0.15) is 18.2 Å². The van der Waals surface area contributed by atoms with Gasteiger partial charge in [-0.2, -0.15) is 0 Å². The summed E-state index contributed by atoms with van der Waals surface area (Å²) in [7, 11) is 0. The monoisotopic (exact) mass is 187 g/mol. The van der Waals surface area contributed by atoms with Gasteiger partial charge in [0.15, 0.2) is 0 Å². The van der Waals surface area contributed by atoms with Crippen LogP contribution >= 0.6 is 11.6 Å². The molecule has 1 aromatic rings. The molecule has 1 aliphatic heterocycles. The summed E-state index contributed by atoms with van der Waals surface area (Å²) in [4.78, 5) is 0. The van der Waals surface area contributed by atoms with E-state index in [0.717, 1.165) is 25.3 Å². The van der Waals surface area contributed by atoms with Crippen molar-refractivity contribution in [3.63, 3.8) is 0 Å². The number of hydrogen-bond acceptors (Lipinski definition) is 3. The van der Waals surface area contributed by atoms with E-state index in [1.54, 1.807) is 0 Å². The van der Waals surface area contributed by atoms with E-state index in [4.69, 9.17) is 16.3 Å². The minimum atomic E-state index is 0.356. The zero-order valence-electron chi connectivity index (χ0n) is 6.61. The van der Waals surface area contributed by atoms with Crippen LogP contribution in [0, 0.1) is 0 Å². The van der Waals surface area contributed by atoms with Crippen molar-refractivity contribution >= 4 is 11.6 Å². The van der Waals surface area contributed by atoms with Gasteiger partial charge in [-0.05, 0) is 6.42 Å². The van der Waals surface area contributed by atoms with Gasteiger partial charge in [0.1, 0.15) is 0 Å². The molecule has 0 radical (unpaired) electrons. The van der Waals surface area contributed by atoms with Crippen molar-refractivity contribution in [3.05, 3.63) is 11.9 Å². The van der Waals surface area contributed by atoms with E-state index in [2.05, 4.69) is 10.3 Å².